The molecule has 1 aromatic rings. The lowest BCUT2D eigenvalue weighted by Crippen LogP contribution is -2.22. The van der Waals surface area contributed by atoms with Gasteiger partial charge in [-0.3, -0.25) is 0 Å². The second-order valence-electron chi connectivity index (χ2n) is 5.46. The van der Waals surface area contributed by atoms with Crippen molar-refractivity contribution in [2.24, 2.45) is 11.7 Å². The third kappa shape index (κ3) is 3.42. The summed E-state index contributed by atoms with van der Waals surface area (Å²) in [6, 6.07) is 0.167. The van der Waals surface area contributed by atoms with Gasteiger partial charge in [-0.05, 0) is 37.7 Å². The zero-order valence-corrected chi connectivity index (χ0v) is 11.5. The van der Waals surface area contributed by atoms with Crippen LogP contribution in [0.2, 0.25) is 0 Å². The van der Waals surface area contributed by atoms with E-state index in [9.17, 15) is 0 Å². The molecule has 1 fully saturated rings. The number of nitrogens with two attached hydrogens (primary N) is 1. The van der Waals surface area contributed by atoms with Gasteiger partial charge in [0.15, 0.2) is 0 Å². The highest BCUT2D eigenvalue weighted by atomic mass is 15.3. The first-order valence-corrected chi connectivity index (χ1v) is 7.00. The minimum atomic E-state index is 0.167. The first kappa shape index (κ1) is 13.3. The van der Waals surface area contributed by atoms with E-state index in [4.69, 9.17) is 5.73 Å². The van der Waals surface area contributed by atoms with Gasteiger partial charge in [-0.15, -0.1) is 0 Å². The molecule has 1 saturated heterocycles. The molecule has 0 bridgehead atoms. The monoisotopic (exact) mass is 248 g/mol. The molecular formula is C14H24N4. The van der Waals surface area contributed by atoms with E-state index in [1.54, 1.807) is 0 Å². The molecule has 1 aliphatic rings. The highest BCUT2D eigenvalue weighted by Crippen LogP contribution is 2.23. The molecule has 0 radical (unpaired) electrons. The predicted octanol–water partition coefficient (Wildman–Crippen LogP) is 1.99. The van der Waals surface area contributed by atoms with Crippen LogP contribution in [-0.4, -0.2) is 29.1 Å². The Kier molecular flexibility index (Phi) is 4.53. The van der Waals surface area contributed by atoms with Crippen LogP contribution in [0.3, 0.4) is 0 Å². The third-order valence-corrected chi connectivity index (χ3v) is 3.51. The van der Waals surface area contributed by atoms with Crippen LogP contribution >= 0.6 is 0 Å². The molecule has 2 rings (SSSR count). The average molecular weight is 248 g/mol. The highest BCUT2D eigenvalue weighted by Gasteiger charge is 2.23. The van der Waals surface area contributed by atoms with Crippen molar-refractivity contribution in [1.82, 2.24) is 9.97 Å². The van der Waals surface area contributed by atoms with E-state index in [-0.39, 0.29) is 6.04 Å². The van der Waals surface area contributed by atoms with E-state index in [0.717, 1.165) is 36.9 Å². The zero-order chi connectivity index (χ0) is 13.0. The summed E-state index contributed by atoms with van der Waals surface area (Å²) in [4.78, 5) is 11.2. The molecular weight excluding hydrogens is 224 g/mol. The molecule has 4 nitrogen and oxygen atoms in total. The van der Waals surface area contributed by atoms with E-state index >= 15 is 0 Å². The van der Waals surface area contributed by atoms with Crippen molar-refractivity contribution < 1.29 is 0 Å². The molecule has 0 spiro atoms. The summed E-state index contributed by atoms with van der Waals surface area (Å²) in [6.45, 7) is 6.46. The molecule has 18 heavy (non-hydrogen) atoms. The number of hydrogen-bond donors (Lipinski definition) is 1. The van der Waals surface area contributed by atoms with Gasteiger partial charge in [0, 0.05) is 31.5 Å². The number of rotatable bonds is 5. The number of anilines is 1. The maximum atomic E-state index is 5.77. The van der Waals surface area contributed by atoms with Gasteiger partial charge in [0.2, 0.25) is 5.95 Å². The first-order chi connectivity index (χ1) is 8.69. The predicted molar refractivity (Wildman–Crippen MR) is 74.6 cm³/mol. The van der Waals surface area contributed by atoms with Crippen LogP contribution in [0, 0.1) is 5.92 Å². The van der Waals surface area contributed by atoms with Crippen LogP contribution in [0.15, 0.2) is 12.4 Å². The summed E-state index contributed by atoms with van der Waals surface area (Å²) in [7, 11) is 0. The molecule has 4 heteroatoms. The van der Waals surface area contributed by atoms with Gasteiger partial charge in [-0.25, -0.2) is 9.97 Å². The van der Waals surface area contributed by atoms with E-state index in [1.165, 1.54) is 19.3 Å². The summed E-state index contributed by atoms with van der Waals surface area (Å²) in [5.74, 6) is 1.70. The lowest BCUT2D eigenvalue weighted by Gasteiger charge is -2.16. The molecule has 1 aromatic heterocycles. The minimum Gasteiger partial charge on any atom is -0.341 e. The van der Waals surface area contributed by atoms with Crippen LogP contribution in [0.1, 0.15) is 38.7 Å². The topological polar surface area (TPSA) is 55.0 Å². The van der Waals surface area contributed by atoms with E-state index in [2.05, 4.69) is 21.8 Å². The molecule has 1 aliphatic heterocycles. The fourth-order valence-electron chi connectivity index (χ4n) is 2.65. The summed E-state index contributed by atoms with van der Waals surface area (Å²) in [6.07, 6.45) is 8.54. The SMILES string of the molecule is CCCC1CCN(c2ncc(CC(C)N)cn2)C1. The van der Waals surface area contributed by atoms with E-state index < -0.39 is 0 Å². The van der Waals surface area contributed by atoms with Gasteiger partial charge in [0.1, 0.15) is 0 Å². The fourth-order valence-corrected chi connectivity index (χ4v) is 2.65. The molecule has 2 N–H and O–H groups in total. The van der Waals surface area contributed by atoms with E-state index in [0.29, 0.717) is 0 Å². The Balaban J connectivity index is 1.94. The molecule has 2 atom stereocenters. The van der Waals surface area contributed by atoms with Crippen LogP contribution in [-0.2, 0) is 6.42 Å². The normalized spacial score (nSPS) is 21.3. The Morgan fingerprint density at radius 2 is 2.17 bits per heavy atom. The molecule has 0 aliphatic carbocycles. The van der Waals surface area contributed by atoms with Crippen molar-refractivity contribution in [3.05, 3.63) is 18.0 Å². The Morgan fingerprint density at radius 3 is 2.78 bits per heavy atom. The lowest BCUT2D eigenvalue weighted by molar-refractivity contribution is 0.529. The lowest BCUT2D eigenvalue weighted by atomic mass is 10.0. The van der Waals surface area contributed by atoms with Crippen LogP contribution in [0.5, 0.6) is 0 Å². The zero-order valence-electron chi connectivity index (χ0n) is 11.5. The largest absolute Gasteiger partial charge is 0.341 e. The van der Waals surface area contributed by atoms with Gasteiger partial charge in [-0.2, -0.15) is 0 Å². The summed E-state index contributed by atoms with van der Waals surface area (Å²) in [5, 5.41) is 0. The maximum absolute atomic E-state index is 5.77. The molecule has 0 aromatic carbocycles. The number of hydrogen-bond acceptors (Lipinski definition) is 4. The Hall–Kier alpha value is -1.16. The molecule has 2 unspecified atom stereocenters. The van der Waals surface area contributed by atoms with E-state index in [1.807, 2.05) is 19.3 Å². The van der Waals surface area contributed by atoms with Gasteiger partial charge in [-0.1, -0.05) is 13.3 Å². The maximum Gasteiger partial charge on any atom is 0.225 e. The van der Waals surface area contributed by atoms with Crippen molar-refractivity contribution >= 4 is 5.95 Å². The van der Waals surface area contributed by atoms with Crippen molar-refractivity contribution in [1.29, 1.82) is 0 Å². The first-order valence-electron chi connectivity index (χ1n) is 7.00. The second-order valence-corrected chi connectivity index (χ2v) is 5.46. The molecule has 2 heterocycles. The summed E-state index contributed by atoms with van der Waals surface area (Å²) in [5.41, 5.74) is 6.89. The molecule has 0 saturated carbocycles. The van der Waals surface area contributed by atoms with Gasteiger partial charge >= 0.3 is 0 Å². The minimum absolute atomic E-state index is 0.167. The van der Waals surface area contributed by atoms with Crippen molar-refractivity contribution in [3.63, 3.8) is 0 Å². The third-order valence-electron chi connectivity index (χ3n) is 3.51. The summed E-state index contributed by atoms with van der Waals surface area (Å²) < 4.78 is 0. The number of aromatic nitrogens is 2. The van der Waals surface area contributed by atoms with Crippen LogP contribution < -0.4 is 10.6 Å². The second kappa shape index (κ2) is 6.14. The average Bonchev–Trinajstić information content (AvgIpc) is 2.78. The highest BCUT2D eigenvalue weighted by molar-refractivity contribution is 5.31. The molecule has 0 amide bonds. The molecule has 100 valence electrons. The quantitative estimate of drug-likeness (QED) is 0.866. The summed E-state index contributed by atoms with van der Waals surface area (Å²) >= 11 is 0. The van der Waals surface area contributed by atoms with Crippen LogP contribution in [0.25, 0.3) is 0 Å². The van der Waals surface area contributed by atoms with Crippen molar-refractivity contribution in [2.45, 2.75) is 45.6 Å². The Labute approximate surface area is 110 Å². The van der Waals surface area contributed by atoms with Gasteiger partial charge in [0.25, 0.3) is 0 Å². The fraction of sp³-hybridized carbons (Fsp3) is 0.714. The van der Waals surface area contributed by atoms with Crippen molar-refractivity contribution in [2.75, 3.05) is 18.0 Å². The van der Waals surface area contributed by atoms with Gasteiger partial charge < -0.3 is 10.6 Å². The smallest absolute Gasteiger partial charge is 0.225 e. The van der Waals surface area contributed by atoms with Gasteiger partial charge in [0.05, 0.1) is 0 Å². The number of nitrogens with zero attached hydrogens (tertiary/aromatic N) is 3. The van der Waals surface area contributed by atoms with Crippen LogP contribution in [0.4, 0.5) is 5.95 Å². The standard InChI is InChI=1S/C14H24N4/c1-3-4-12-5-6-18(10-12)14-16-8-13(9-17-14)7-11(2)15/h8-9,11-12H,3-7,10,15H2,1-2H3. The Morgan fingerprint density at radius 1 is 1.44 bits per heavy atom. The Bertz CT molecular complexity index is 361. The van der Waals surface area contributed by atoms with Crippen molar-refractivity contribution in [3.8, 4) is 0 Å².